The van der Waals surface area contributed by atoms with Crippen molar-refractivity contribution in [3.8, 4) is 0 Å². The van der Waals surface area contributed by atoms with Gasteiger partial charge in [-0.3, -0.25) is 0 Å². The van der Waals surface area contributed by atoms with Crippen LogP contribution in [0, 0.1) is 0 Å². The van der Waals surface area contributed by atoms with Crippen molar-refractivity contribution in [3.05, 3.63) is 223 Å². The molecule has 15 aromatic rings. The van der Waals surface area contributed by atoms with Crippen LogP contribution in [0.15, 0.2) is 221 Å². The van der Waals surface area contributed by atoms with Crippen LogP contribution < -0.4 is 9.80 Å². The van der Waals surface area contributed by atoms with Gasteiger partial charge in [0.2, 0.25) is 0 Å². The summed E-state index contributed by atoms with van der Waals surface area (Å²) in [4.78, 5) is 4.95. The quantitative estimate of drug-likeness (QED) is 0.152. The number of furan rings is 2. The highest BCUT2D eigenvalue weighted by Gasteiger charge is 2.31. The molecule has 348 valence electrons. The number of hydrogen-bond acceptors (Lipinski definition) is 4. The summed E-state index contributed by atoms with van der Waals surface area (Å²) in [6, 6.07) is 77.8. The van der Waals surface area contributed by atoms with E-state index in [1.807, 2.05) is 0 Å². The standard InChI is InChI=1S/C68H49N3O2/c1-40(2)42-30-34-46(35-31-42)69(56-26-14-22-52-50-20-9-11-28-60(50)72-67(52)56)65-48-18-7-5-16-44(48)38-58-62(65)54-24-13-25-55-63-59(71(58)64(54)55)39-45-17-6-8-19-49(45)66(63)70(47-36-32-43(33-37-47)41(3)4)57-27-15-23-53-51-21-10-12-29-61(51)73-68(53)57/h5-41H,1-4H3. The minimum atomic E-state index is 0.392. The molecule has 0 saturated heterocycles. The lowest BCUT2D eigenvalue weighted by Crippen LogP contribution is -2.12. The van der Waals surface area contributed by atoms with Crippen LogP contribution in [0.25, 0.3) is 104 Å². The summed E-state index contributed by atoms with van der Waals surface area (Å²) < 4.78 is 16.4. The van der Waals surface area contributed by atoms with Crippen molar-refractivity contribution in [3.63, 3.8) is 0 Å². The first-order chi connectivity index (χ1) is 35.9. The third-order valence-electron chi connectivity index (χ3n) is 15.6. The number of benzene rings is 11. The molecule has 4 aromatic heterocycles. The number of anilines is 6. The van der Waals surface area contributed by atoms with Gasteiger partial charge in [0.1, 0.15) is 11.2 Å². The zero-order valence-corrected chi connectivity index (χ0v) is 41.0. The van der Waals surface area contributed by atoms with Crippen molar-refractivity contribution in [2.75, 3.05) is 9.80 Å². The van der Waals surface area contributed by atoms with Crippen LogP contribution in [0.2, 0.25) is 0 Å². The molecule has 0 atom stereocenters. The van der Waals surface area contributed by atoms with Crippen LogP contribution in [0.3, 0.4) is 0 Å². The van der Waals surface area contributed by atoms with Crippen molar-refractivity contribution < 1.29 is 8.83 Å². The van der Waals surface area contributed by atoms with Gasteiger partial charge in [0.25, 0.3) is 0 Å². The average molecular weight is 940 g/mol. The number of rotatable bonds is 8. The summed E-state index contributed by atoms with van der Waals surface area (Å²) in [5.74, 6) is 0.783. The SMILES string of the molecule is CC(C)c1ccc(N(c2cccc3c2oc2ccccc23)c2c3ccccc3cc3c2c2cccc4c5c(N(c6ccc(C(C)C)cc6)c6cccc7c6oc6ccccc67)c6ccccc6cc5n3c24)cc1. The molecule has 11 aromatic carbocycles. The Morgan fingerprint density at radius 3 is 1.16 bits per heavy atom. The molecule has 0 N–H and O–H groups in total. The molecule has 0 spiro atoms. The van der Waals surface area contributed by atoms with E-state index in [0.29, 0.717) is 11.8 Å². The summed E-state index contributed by atoms with van der Waals surface area (Å²) in [6.45, 7) is 9.03. The molecule has 0 unspecified atom stereocenters. The molecule has 0 fully saturated rings. The van der Waals surface area contributed by atoms with Gasteiger partial charge in [-0.1, -0.05) is 179 Å². The van der Waals surface area contributed by atoms with E-state index in [1.165, 1.54) is 38.2 Å². The second kappa shape index (κ2) is 15.7. The van der Waals surface area contributed by atoms with Gasteiger partial charge in [0.05, 0.1) is 39.3 Å². The fourth-order valence-electron chi connectivity index (χ4n) is 12.1. The van der Waals surface area contributed by atoms with E-state index in [0.717, 1.165) is 111 Å². The minimum Gasteiger partial charge on any atom is -0.454 e. The topological polar surface area (TPSA) is 37.2 Å². The summed E-state index contributed by atoms with van der Waals surface area (Å²) >= 11 is 0. The van der Waals surface area contributed by atoms with Crippen molar-refractivity contribution in [2.45, 2.75) is 39.5 Å². The summed E-state index contributed by atoms with van der Waals surface area (Å²) in [6.07, 6.45) is 0. The maximum atomic E-state index is 6.92. The van der Waals surface area contributed by atoms with Gasteiger partial charge >= 0.3 is 0 Å². The molecule has 5 nitrogen and oxygen atoms in total. The van der Waals surface area contributed by atoms with Crippen molar-refractivity contribution in [1.29, 1.82) is 0 Å². The van der Waals surface area contributed by atoms with Crippen molar-refractivity contribution in [1.82, 2.24) is 4.40 Å². The predicted molar refractivity (Wildman–Crippen MR) is 308 cm³/mol. The second-order valence-electron chi connectivity index (χ2n) is 20.4. The van der Waals surface area contributed by atoms with Gasteiger partial charge < -0.3 is 23.0 Å². The Balaban J connectivity index is 1.09. The van der Waals surface area contributed by atoms with Gasteiger partial charge in [-0.05, 0) is 94.4 Å². The maximum Gasteiger partial charge on any atom is 0.159 e. The lowest BCUT2D eigenvalue weighted by Gasteiger charge is -2.29. The molecular formula is C68H49N3O2. The minimum absolute atomic E-state index is 0.392. The Hall–Kier alpha value is -9.06. The molecule has 5 heteroatoms. The van der Waals surface area contributed by atoms with Crippen LogP contribution in [0.5, 0.6) is 0 Å². The Morgan fingerprint density at radius 2 is 0.726 bits per heavy atom. The molecule has 0 saturated carbocycles. The third-order valence-corrected chi connectivity index (χ3v) is 15.6. The lowest BCUT2D eigenvalue weighted by atomic mass is 9.97. The van der Waals surface area contributed by atoms with Crippen LogP contribution in [0.1, 0.15) is 50.7 Å². The van der Waals surface area contributed by atoms with Crippen molar-refractivity contribution in [2.24, 2.45) is 0 Å². The van der Waals surface area contributed by atoms with Crippen LogP contribution in [-0.2, 0) is 0 Å². The van der Waals surface area contributed by atoms with E-state index >= 15 is 0 Å². The summed E-state index contributed by atoms with van der Waals surface area (Å²) in [5, 5.41) is 13.8. The Labute approximate surface area is 421 Å². The average Bonchev–Trinajstić information content (AvgIpc) is 4.19. The first kappa shape index (κ1) is 41.7. The molecule has 15 rings (SSSR count). The van der Waals surface area contributed by atoms with Crippen LogP contribution >= 0.6 is 0 Å². The Kier molecular flexibility index (Phi) is 8.98. The van der Waals surface area contributed by atoms with Gasteiger partial charge in [-0.2, -0.15) is 0 Å². The van der Waals surface area contributed by atoms with E-state index in [4.69, 9.17) is 8.83 Å². The molecule has 0 aliphatic heterocycles. The number of nitrogens with zero attached hydrogens (tertiary/aromatic N) is 3. The highest BCUT2D eigenvalue weighted by atomic mass is 16.3. The Morgan fingerprint density at radius 1 is 0.356 bits per heavy atom. The van der Waals surface area contributed by atoms with Crippen LogP contribution in [0.4, 0.5) is 34.1 Å². The molecule has 0 amide bonds. The van der Waals surface area contributed by atoms with E-state index < -0.39 is 0 Å². The lowest BCUT2D eigenvalue weighted by molar-refractivity contribution is 0.669. The molecule has 0 radical (unpaired) electrons. The van der Waals surface area contributed by atoms with Crippen molar-refractivity contribution >= 4 is 138 Å². The number of fused-ring (bicyclic) bond motifs is 14. The number of para-hydroxylation sites is 5. The maximum absolute atomic E-state index is 6.92. The molecule has 0 bridgehead atoms. The van der Waals surface area contributed by atoms with Gasteiger partial charge in [0, 0.05) is 65.2 Å². The van der Waals surface area contributed by atoms with Gasteiger partial charge in [-0.15, -0.1) is 0 Å². The molecule has 73 heavy (non-hydrogen) atoms. The first-order valence-electron chi connectivity index (χ1n) is 25.6. The van der Waals surface area contributed by atoms with Gasteiger partial charge in [-0.25, -0.2) is 0 Å². The summed E-state index contributed by atoms with van der Waals surface area (Å²) in [7, 11) is 0. The zero-order chi connectivity index (χ0) is 48.6. The van der Waals surface area contributed by atoms with E-state index in [1.54, 1.807) is 0 Å². The molecule has 0 aliphatic carbocycles. The normalized spacial score (nSPS) is 12.4. The first-order valence-corrected chi connectivity index (χ1v) is 25.6. The number of hydrogen-bond donors (Lipinski definition) is 0. The van der Waals surface area contributed by atoms with Gasteiger partial charge in [0.15, 0.2) is 11.2 Å². The second-order valence-corrected chi connectivity index (χ2v) is 20.4. The zero-order valence-electron chi connectivity index (χ0n) is 41.0. The van der Waals surface area contributed by atoms with Crippen LogP contribution in [-0.4, -0.2) is 4.40 Å². The van der Waals surface area contributed by atoms with E-state index in [9.17, 15) is 0 Å². The third kappa shape index (κ3) is 6.03. The largest absolute Gasteiger partial charge is 0.454 e. The Bertz CT molecular complexity index is 4390. The fourth-order valence-corrected chi connectivity index (χ4v) is 12.1. The monoisotopic (exact) mass is 939 g/mol. The van der Waals surface area contributed by atoms with E-state index in [2.05, 4.69) is 254 Å². The fraction of sp³-hybridized carbons (Fsp3) is 0.0882. The van der Waals surface area contributed by atoms with E-state index in [-0.39, 0.29) is 0 Å². The predicted octanol–water partition coefficient (Wildman–Crippen LogP) is 20.1. The highest BCUT2D eigenvalue weighted by molar-refractivity contribution is 6.34. The molecule has 0 aliphatic rings. The molecule has 4 heterocycles. The smallest absolute Gasteiger partial charge is 0.159 e. The summed E-state index contributed by atoms with van der Waals surface area (Å²) in [5.41, 5.74) is 15.9. The highest BCUT2D eigenvalue weighted by Crippen LogP contribution is 2.55. The number of aromatic nitrogens is 1. The molecular weight excluding hydrogens is 891 g/mol.